The molecule has 3 aromatic carbocycles. The predicted octanol–water partition coefficient (Wildman–Crippen LogP) is 3.72. The molecule has 0 saturated carbocycles. The van der Waals surface area contributed by atoms with E-state index in [1.807, 2.05) is 83.8 Å². The summed E-state index contributed by atoms with van der Waals surface area (Å²) in [6, 6.07) is 26.1. The lowest BCUT2D eigenvalue weighted by Crippen LogP contribution is -2.56. The van der Waals surface area contributed by atoms with Crippen molar-refractivity contribution in [2.45, 2.75) is 6.17 Å². The van der Waals surface area contributed by atoms with Crippen LogP contribution in [0.25, 0.3) is 0 Å². The van der Waals surface area contributed by atoms with Gasteiger partial charge in [-0.15, -0.1) is 0 Å². The minimum atomic E-state index is -0.411. The molecule has 0 fully saturated rings. The third kappa shape index (κ3) is 3.66. The molecule has 0 aliphatic carbocycles. The van der Waals surface area contributed by atoms with Crippen LogP contribution in [0.5, 0.6) is 0 Å². The van der Waals surface area contributed by atoms with Gasteiger partial charge in [0.2, 0.25) is 0 Å². The summed E-state index contributed by atoms with van der Waals surface area (Å²) in [6.07, 6.45) is -0.411. The second-order valence-electron chi connectivity index (χ2n) is 6.41. The first-order valence-electron chi connectivity index (χ1n) is 9.06. The first-order chi connectivity index (χ1) is 13.7. The van der Waals surface area contributed by atoms with Crippen LogP contribution in [0.15, 0.2) is 84.9 Å². The highest BCUT2D eigenvalue weighted by Crippen LogP contribution is 2.33. The van der Waals surface area contributed by atoms with Crippen LogP contribution < -0.4 is 20.9 Å². The molecule has 1 aliphatic rings. The number of carbonyl (C=O) groups excluding carboxylic acids is 2. The molecule has 1 heterocycles. The number of nitrogens with zero attached hydrogens (tertiary/aromatic N) is 1. The van der Waals surface area contributed by atoms with Gasteiger partial charge in [-0.2, -0.15) is 0 Å². The van der Waals surface area contributed by atoms with Gasteiger partial charge >= 0.3 is 6.03 Å². The molecule has 6 heteroatoms. The average Bonchev–Trinajstić information content (AvgIpc) is 2.74. The van der Waals surface area contributed by atoms with Crippen molar-refractivity contribution in [3.8, 4) is 0 Å². The molecule has 1 unspecified atom stereocenters. The van der Waals surface area contributed by atoms with Gasteiger partial charge in [-0.25, -0.2) is 4.79 Å². The van der Waals surface area contributed by atoms with Gasteiger partial charge in [-0.3, -0.25) is 4.79 Å². The Morgan fingerprint density at radius 2 is 1.54 bits per heavy atom. The number of anilines is 3. The number of fused-ring (bicyclic) bond motifs is 1. The number of hydrogen-bond donors (Lipinski definition) is 3. The molecule has 4 rings (SSSR count). The molecule has 1 aliphatic heterocycles. The van der Waals surface area contributed by atoms with E-state index in [-0.39, 0.29) is 18.5 Å². The maximum Gasteiger partial charge on any atom is 0.319 e. The van der Waals surface area contributed by atoms with Crippen molar-refractivity contribution in [2.24, 2.45) is 0 Å². The van der Waals surface area contributed by atoms with E-state index in [0.717, 1.165) is 11.4 Å². The zero-order valence-electron chi connectivity index (χ0n) is 15.1. The van der Waals surface area contributed by atoms with Crippen LogP contribution in [-0.2, 0) is 0 Å². The summed E-state index contributed by atoms with van der Waals surface area (Å²) in [6.45, 7) is 0.244. The normalized spacial score (nSPS) is 15.4. The fourth-order valence-corrected chi connectivity index (χ4v) is 3.27. The number of carbonyl (C=O) groups is 2. The second-order valence-corrected chi connectivity index (χ2v) is 6.41. The van der Waals surface area contributed by atoms with Gasteiger partial charge in [-0.05, 0) is 36.4 Å². The van der Waals surface area contributed by atoms with Gasteiger partial charge in [-0.1, -0.05) is 48.5 Å². The lowest BCUT2D eigenvalue weighted by molar-refractivity contribution is 0.0930. The van der Waals surface area contributed by atoms with E-state index in [1.54, 1.807) is 6.07 Å². The molecular weight excluding hydrogens is 352 g/mol. The van der Waals surface area contributed by atoms with Gasteiger partial charge in [0, 0.05) is 11.4 Å². The van der Waals surface area contributed by atoms with E-state index >= 15 is 0 Å². The van der Waals surface area contributed by atoms with Gasteiger partial charge < -0.3 is 20.9 Å². The molecule has 140 valence electrons. The van der Waals surface area contributed by atoms with Crippen LogP contribution >= 0.6 is 0 Å². The minimum Gasteiger partial charge on any atom is -0.334 e. The first kappa shape index (κ1) is 17.6. The Morgan fingerprint density at radius 3 is 2.29 bits per heavy atom. The Labute approximate surface area is 163 Å². The summed E-state index contributed by atoms with van der Waals surface area (Å²) < 4.78 is 0. The molecule has 3 N–H and O–H groups in total. The number of para-hydroxylation sites is 3. The highest BCUT2D eigenvalue weighted by atomic mass is 16.2. The average molecular weight is 372 g/mol. The number of rotatable bonds is 4. The van der Waals surface area contributed by atoms with Crippen molar-refractivity contribution in [2.75, 3.05) is 16.8 Å². The second kappa shape index (κ2) is 7.84. The Kier molecular flexibility index (Phi) is 4.93. The van der Waals surface area contributed by atoms with Crippen LogP contribution in [0.4, 0.5) is 21.9 Å². The number of amides is 3. The van der Waals surface area contributed by atoms with E-state index in [1.165, 1.54) is 0 Å². The lowest BCUT2D eigenvalue weighted by Gasteiger charge is -2.39. The van der Waals surface area contributed by atoms with E-state index in [9.17, 15) is 9.59 Å². The Balaban J connectivity index is 1.55. The number of nitrogens with one attached hydrogen (secondary N) is 3. The summed E-state index contributed by atoms with van der Waals surface area (Å²) in [5, 5.41) is 8.62. The van der Waals surface area contributed by atoms with E-state index < -0.39 is 6.17 Å². The fraction of sp³-hybridized carbons (Fsp3) is 0.0909. The van der Waals surface area contributed by atoms with E-state index in [4.69, 9.17) is 0 Å². The quantitative estimate of drug-likeness (QED) is 0.654. The predicted molar refractivity (Wildman–Crippen MR) is 110 cm³/mol. The Morgan fingerprint density at radius 1 is 0.893 bits per heavy atom. The summed E-state index contributed by atoms with van der Waals surface area (Å²) in [5.74, 6) is -0.155. The largest absolute Gasteiger partial charge is 0.334 e. The summed E-state index contributed by atoms with van der Waals surface area (Å²) in [4.78, 5) is 26.8. The van der Waals surface area contributed by atoms with Gasteiger partial charge in [0.05, 0.1) is 17.8 Å². The van der Waals surface area contributed by atoms with E-state index in [0.29, 0.717) is 11.3 Å². The smallest absolute Gasteiger partial charge is 0.319 e. The standard InChI is InChI=1S/C22H20N4O2/c27-21-18-13-7-8-14-19(18)26(17-11-5-2-6-12-17)20(25-21)15-23-22(28)24-16-9-3-1-4-10-16/h1-14,20H,15H2,(H,25,27)(H2,23,24,28). The molecule has 0 saturated heterocycles. The highest BCUT2D eigenvalue weighted by Gasteiger charge is 2.31. The zero-order chi connectivity index (χ0) is 19.3. The highest BCUT2D eigenvalue weighted by molar-refractivity contribution is 6.03. The van der Waals surface area contributed by atoms with Gasteiger partial charge in [0.15, 0.2) is 0 Å². The van der Waals surface area contributed by atoms with Crippen molar-refractivity contribution >= 4 is 29.0 Å². The molecule has 0 bridgehead atoms. The topological polar surface area (TPSA) is 73.5 Å². The molecule has 3 amide bonds. The zero-order valence-corrected chi connectivity index (χ0v) is 15.1. The maximum absolute atomic E-state index is 12.5. The molecular formula is C22H20N4O2. The Bertz CT molecular complexity index is 976. The maximum atomic E-state index is 12.5. The summed E-state index contributed by atoms with van der Waals surface area (Å²) >= 11 is 0. The van der Waals surface area contributed by atoms with Crippen molar-refractivity contribution in [3.05, 3.63) is 90.5 Å². The molecule has 1 atom stereocenters. The van der Waals surface area contributed by atoms with E-state index in [2.05, 4.69) is 16.0 Å². The summed E-state index contributed by atoms with van der Waals surface area (Å²) in [5.41, 5.74) is 3.06. The van der Waals surface area contributed by atoms with Crippen molar-refractivity contribution in [1.29, 1.82) is 0 Å². The number of urea groups is 1. The van der Waals surface area contributed by atoms with Crippen LogP contribution in [0.3, 0.4) is 0 Å². The SMILES string of the molecule is O=C(NCC1NC(=O)c2ccccc2N1c1ccccc1)Nc1ccccc1. The van der Waals surface area contributed by atoms with Crippen molar-refractivity contribution in [1.82, 2.24) is 10.6 Å². The van der Waals surface area contributed by atoms with Gasteiger partial charge in [0.1, 0.15) is 6.17 Å². The molecule has 0 spiro atoms. The van der Waals surface area contributed by atoms with Crippen LogP contribution in [0.2, 0.25) is 0 Å². The number of benzene rings is 3. The fourth-order valence-electron chi connectivity index (χ4n) is 3.27. The third-order valence-corrected chi connectivity index (χ3v) is 4.54. The molecule has 0 aromatic heterocycles. The lowest BCUT2D eigenvalue weighted by atomic mass is 10.1. The first-order valence-corrected chi connectivity index (χ1v) is 9.06. The minimum absolute atomic E-state index is 0.155. The van der Waals surface area contributed by atoms with Crippen molar-refractivity contribution < 1.29 is 9.59 Å². The third-order valence-electron chi connectivity index (χ3n) is 4.54. The van der Waals surface area contributed by atoms with Crippen LogP contribution in [0, 0.1) is 0 Å². The molecule has 6 nitrogen and oxygen atoms in total. The van der Waals surface area contributed by atoms with Crippen LogP contribution in [-0.4, -0.2) is 24.6 Å². The summed E-state index contributed by atoms with van der Waals surface area (Å²) in [7, 11) is 0. The number of hydrogen-bond acceptors (Lipinski definition) is 3. The monoisotopic (exact) mass is 372 g/mol. The molecule has 28 heavy (non-hydrogen) atoms. The molecule has 0 radical (unpaired) electrons. The van der Waals surface area contributed by atoms with Gasteiger partial charge in [0.25, 0.3) is 5.91 Å². The van der Waals surface area contributed by atoms with Crippen molar-refractivity contribution in [3.63, 3.8) is 0 Å². The Hall–Kier alpha value is -3.80. The molecule has 3 aromatic rings. The van der Waals surface area contributed by atoms with Crippen LogP contribution in [0.1, 0.15) is 10.4 Å².